The third kappa shape index (κ3) is 3.49. The summed E-state index contributed by atoms with van der Waals surface area (Å²) in [7, 11) is 4.34. The van der Waals surface area contributed by atoms with Gasteiger partial charge in [-0.25, -0.2) is 14.8 Å². The van der Waals surface area contributed by atoms with Crippen LogP contribution < -0.4 is 5.32 Å². The second-order valence-electron chi connectivity index (χ2n) is 8.34. The van der Waals surface area contributed by atoms with Gasteiger partial charge in [0.25, 0.3) is 0 Å². The van der Waals surface area contributed by atoms with Gasteiger partial charge in [-0.05, 0) is 51.4 Å². The second kappa shape index (κ2) is 7.51. The largest absolute Gasteiger partial charge is 0.331 e. The van der Waals surface area contributed by atoms with E-state index >= 15 is 0 Å². The van der Waals surface area contributed by atoms with E-state index in [1.165, 1.54) is 5.56 Å². The molecule has 1 spiro atoms. The summed E-state index contributed by atoms with van der Waals surface area (Å²) < 4.78 is 0. The van der Waals surface area contributed by atoms with E-state index in [0.717, 1.165) is 38.1 Å². The zero-order valence-electron chi connectivity index (χ0n) is 16.8. The van der Waals surface area contributed by atoms with E-state index in [1.54, 1.807) is 12.4 Å². The van der Waals surface area contributed by atoms with Crippen LogP contribution in [0, 0.1) is 0 Å². The van der Waals surface area contributed by atoms with Gasteiger partial charge in [0.05, 0.1) is 5.54 Å². The Bertz CT molecular complexity index is 800. The Balaban J connectivity index is 1.43. The van der Waals surface area contributed by atoms with Crippen molar-refractivity contribution in [2.75, 3.05) is 27.2 Å². The molecule has 0 radical (unpaired) electrons. The fraction of sp³-hybridized carbons (Fsp3) is 0.500. The van der Waals surface area contributed by atoms with Crippen molar-refractivity contribution in [3.05, 3.63) is 60.2 Å². The van der Waals surface area contributed by atoms with Gasteiger partial charge in [-0.1, -0.05) is 30.3 Å². The summed E-state index contributed by atoms with van der Waals surface area (Å²) in [5, 5.41) is 3.31. The van der Waals surface area contributed by atoms with Crippen molar-refractivity contribution in [3.8, 4) is 0 Å². The number of nitrogens with zero attached hydrogens (tertiary/aromatic N) is 4. The maximum absolute atomic E-state index is 12.6. The van der Waals surface area contributed by atoms with Crippen molar-refractivity contribution < 1.29 is 4.79 Å². The van der Waals surface area contributed by atoms with Crippen molar-refractivity contribution in [1.29, 1.82) is 0 Å². The number of nitrogens with one attached hydrogen (secondary N) is 1. The summed E-state index contributed by atoms with van der Waals surface area (Å²) >= 11 is 0. The summed E-state index contributed by atoms with van der Waals surface area (Å²) in [6.45, 7) is 1.44. The molecule has 1 aliphatic heterocycles. The molecule has 2 aliphatic rings. The first-order valence-electron chi connectivity index (χ1n) is 10.1. The molecule has 6 nitrogen and oxygen atoms in total. The summed E-state index contributed by atoms with van der Waals surface area (Å²) in [6, 6.07) is 12.6. The number of aromatic nitrogens is 2. The van der Waals surface area contributed by atoms with Gasteiger partial charge in [-0.15, -0.1) is 0 Å². The number of benzene rings is 1. The molecule has 1 N–H and O–H groups in total. The molecule has 2 fully saturated rings. The van der Waals surface area contributed by atoms with Crippen LogP contribution in [0.2, 0.25) is 0 Å². The number of hydrogen-bond acceptors (Lipinski definition) is 4. The number of amides is 2. The Morgan fingerprint density at radius 2 is 1.71 bits per heavy atom. The van der Waals surface area contributed by atoms with E-state index in [4.69, 9.17) is 0 Å². The monoisotopic (exact) mass is 379 g/mol. The normalized spacial score (nSPS) is 27.4. The number of hydrogen-bond donors (Lipinski definition) is 1. The first-order chi connectivity index (χ1) is 13.5. The zero-order valence-corrected chi connectivity index (χ0v) is 16.8. The van der Waals surface area contributed by atoms with Crippen molar-refractivity contribution in [2.24, 2.45) is 0 Å². The number of carbonyl (C=O) groups excluding carboxylic acids is 1. The lowest BCUT2D eigenvalue weighted by atomic mass is 9.69. The predicted molar refractivity (Wildman–Crippen MR) is 109 cm³/mol. The third-order valence-electron chi connectivity index (χ3n) is 6.58. The van der Waals surface area contributed by atoms with Crippen LogP contribution in [0.25, 0.3) is 0 Å². The molecule has 2 heterocycles. The zero-order chi connectivity index (χ0) is 19.6. The van der Waals surface area contributed by atoms with Gasteiger partial charge >= 0.3 is 6.03 Å². The van der Waals surface area contributed by atoms with Crippen LogP contribution in [0.1, 0.15) is 37.1 Å². The highest BCUT2D eigenvalue weighted by Gasteiger charge is 2.49. The summed E-state index contributed by atoms with van der Waals surface area (Å²) in [5.74, 6) is 0.788. The summed E-state index contributed by atoms with van der Waals surface area (Å²) in [5.41, 5.74) is 1.31. The lowest BCUT2D eigenvalue weighted by molar-refractivity contribution is 0.0620. The molecule has 2 aromatic rings. The Morgan fingerprint density at radius 1 is 1.04 bits per heavy atom. The predicted octanol–water partition coefficient (Wildman–Crippen LogP) is 2.81. The lowest BCUT2D eigenvalue weighted by Gasteiger charge is -2.48. The highest BCUT2D eigenvalue weighted by Crippen LogP contribution is 2.45. The third-order valence-corrected chi connectivity index (χ3v) is 6.58. The minimum Gasteiger partial charge on any atom is -0.331 e. The molecule has 28 heavy (non-hydrogen) atoms. The van der Waals surface area contributed by atoms with Crippen LogP contribution in [-0.4, -0.2) is 58.5 Å². The average molecular weight is 380 g/mol. The molecule has 2 amide bonds. The van der Waals surface area contributed by atoms with Gasteiger partial charge in [0.1, 0.15) is 5.82 Å². The maximum Gasteiger partial charge on any atom is 0.317 e. The SMILES string of the molecule is CN(C)[C@]1(c2ccccc2)CC[C@]2(CC1)CN(CCc1ncccn1)C(=O)N2. The van der Waals surface area contributed by atoms with Gasteiger partial charge in [-0.3, -0.25) is 4.90 Å². The van der Waals surface area contributed by atoms with E-state index in [1.807, 2.05) is 11.0 Å². The Kier molecular flexibility index (Phi) is 5.06. The molecule has 4 rings (SSSR count). The topological polar surface area (TPSA) is 61.4 Å². The van der Waals surface area contributed by atoms with Gasteiger partial charge in [0.2, 0.25) is 0 Å². The number of carbonyl (C=O) groups is 1. The quantitative estimate of drug-likeness (QED) is 0.868. The summed E-state index contributed by atoms with van der Waals surface area (Å²) in [4.78, 5) is 25.4. The van der Waals surface area contributed by atoms with Gasteiger partial charge in [0, 0.05) is 37.4 Å². The van der Waals surface area contributed by atoms with Crippen molar-refractivity contribution >= 4 is 6.03 Å². The first kappa shape index (κ1) is 18.9. The molecular weight excluding hydrogens is 350 g/mol. The van der Waals surface area contributed by atoms with Crippen LogP contribution in [0.5, 0.6) is 0 Å². The van der Waals surface area contributed by atoms with Gasteiger partial charge < -0.3 is 10.2 Å². The maximum atomic E-state index is 12.6. The number of urea groups is 1. The lowest BCUT2D eigenvalue weighted by Crippen LogP contribution is -2.54. The van der Waals surface area contributed by atoms with Crippen LogP contribution in [-0.2, 0) is 12.0 Å². The minimum absolute atomic E-state index is 0.0442. The molecule has 1 aromatic carbocycles. The van der Waals surface area contributed by atoms with Gasteiger partial charge in [0.15, 0.2) is 0 Å². The Hall–Kier alpha value is -2.47. The van der Waals surface area contributed by atoms with Crippen LogP contribution in [0.15, 0.2) is 48.8 Å². The van der Waals surface area contributed by atoms with Crippen LogP contribution in [0.4, 0.5) is 4.79 Å². The molecule has 0 atom stereocenters. The van der Waals surface area contributed by atoms with Crippen molar-refractivity contribution in [2.45, 2.75) is 43.2 Å². The van der Waals surface area contributed by atoms with Crippen molar-refractivity contribution in [3.63, 3.8) is 0 Å². The van der Waals surface area contributed by atoms with Crippen molar-refractivity contribution in [1.82, 2.24) is 25.1 Å². The van der Waals surface area contributed by atoms with E-state index in [9.17, 15) is 4.79 Å². The van der Waals surface area contributed by atoms with E-state index < -0.39 is 0 Å². The first-order valence-corrected chi connectivity index (χ1v) is 10.1. The minimum atomic E-state index is -0.108. The van der Waals surface area contributed by atoms with Crippen LogP contribution in [0.3, 0.4) is 0 Å². The molecule has 1 saturated carbocycles. The molecule has 6 heteroatoms. The van der Waals surface area contributed by atoms with E-state index in [2.05, 4.69) is 64.6 Å². The highest BCUT2D eigenvalue weighted by atomic mass is 16.2. The van der Waals surface area contributed by atoms with E-state index in [0.29, 0.717) is 13.0 Å². The average Bonchev–Trinajstić information content (AvgIpc) is 3.03. The Labute approximate surface area is 167 Å². The van der Waals surface area contributed by atoms with Crippen LogP contribution >= 0.6 is 0 Å². The molecule has 148 valence electrons. The molecule has 1 saturated heterocycles. The molecule has 0 unspecified atom stereocenters. The fourth-order valence-electron chi connectivity index (χ4n) is 4.82. The fourth-order valence-corrected chi connectivity index (χ4v) is 4.82. The van der Waals surface area contributed by atoms with E-state index in [-0.39, 0.29) is 17.1 Å². The smallest absolute Gasteiger partial charge is 0.317 e. The molecular formula is C22H29N5O. The second-order valence-corrected chi connectivity index (χ2v) is 8.34. The highest BCUT2D eigenvalue weighted by molar-refractivity contribution is 5.78. The molecule has 0 bridgehead atoms. The van der Waals surface area contributed by atoms with Gasteiger partial charge in [-0.2, -0.15) is 0 Å². The molecule has 1 aromatic heterocycles. The number of rotatable bonds is 5. The Morgan fingerprint density at radius 3 is 2.36 bits per heavy atom. The standard InChI is InChI=1S/C22H29N5O/c1-26(2)22(18-7-4-3-5-8-18)12-10-21(11-13-22)17-27(20(28)25-21)16-9-19-23-14-6-15-24-19/h3-8,14-15H,9-13,16-17H2,1-2H3,(H,25,28)/t21-,22+. The molecule has 1 aliphatic carbocycles. The summed E-state index contributed by atoms with van der Waals surface area (Å²) in [6.07, 6.45) is 8.25.